The van der Waals surface area contributed by atoms with Gasteiger partial charge in [-0.2, -0.15) is 0 Å². The van der Waals surface area contributed by atoms with E-state index in [0.29, 0.717) is 0 Å². The predicted molar refractivity (Wildman–Crippen MR) is 54.9 cm³/mol. The zero-order valence-electron chi connectivity index (χ0n) is 8.02. The summed E-state index contributed by atoms with van der Waals surface area (Å²) < 4.78 is 31.3. The Bertz CT molecular complexity index is 380. The molecular formula is C10H9BrF2O2. The standard InChI is InChI=1S/C10H9BrF2O2/c1-15-5-4-8(14)9-7(12)3-2-6(11)10(9)13/h2-3H,4-5H2,1H3. The number of ether oxygens (including phenoxy) is 1. The van der Waals surface area contributed by atoms with Crippen LogP contribution in [-0.4, -0.2) is 19.5 Å². The first kappa shape index (κ1) is 12.3. The maximum Gasteiger partial charge on any atom is 0.171 e. The van der Waals surface area contributed by atoms with E-state index in [1.165, 1.54) is 13.2 Å². The van der Waals surface area contributed by atoms with Crippen molar-refractivity contribution < 1.29 is 18.3 Å². The number of benzene rings is 1. The fourth-order valence-electron chi connectivity index (χ4n) is 1.10. The van der Waals surface area contributed by atoms with Crippen LogP contribution in [0.15, 0.2) is 16.6 Å². The molecule has 0 atom stereocenters. The van der Waals surface area contributed by atoms with E-state index in [1.807, 2.05) is 0 Å². The minimum atomic E-state index is -0.865. The maximum atomic E-state index is 13.4. The van der Waals surface area contributed by atoms with E-state index in [9.17, 15) is 13.6 Å². The van der Waals surface area contributed by atoms with Crippen molar-refractivity contribution in [2.75, 3.05) is 13.7 Å². The number of hydrogen-bond acceptors (Lipinski definition) is 2. The average molecular weight is 279 g/mol. The molecule has 2 nitrogen and oxygen atoms in total. The number of rotatable bonds is 4. The molecule has 0 spiro atoms. The molecule has 0 aliphatic heterocycles. The van der Waals surface area contributed by atoms with Gasteiger partial charge in [0.1, 0.15) is 5.82 Å². The molecule has 0 radical (unpaired) electrons. The topological polar surface area (TPSA) is 26.3 Å². The van der Waals surface area contributed by atoms with Crippen molar-refractivity contribution >= 4 is 21.7 Å². The van der Waals surface area contributed by atoms with Gasteiger partial charge in [0.25, 0.3) is 0 Å². The van der Waals surface area contributed by atoms with Crippen molar-refractivity contribution in [3.8, 4) is 0 Å². The summed E-state index contributed by atoms with van der Waals surface area (Å²) in [5.74, 6) is -2.32. The first-order valence-electron chi connectivity index (χ1n) is 4.23. The lowest BCUT2D eigenvalue weighted by molar-refractivity contribution is 0.0924. The van der Waals surface area contributed by atoms with Gasteiger partial charge in [0, 0.05) is 13.5 Å². The number of halogens is 3. The Morgan fingerprint density at radius 3 is 2.73 bits per heavy atom. The van der Waals surface area contributed by atoms with Crippen LogP contribution in [0, 0.1) is 11.6 Å². The molecule has 5 heteroatoms. The lowest BCUT2D eigenvalue weighted by Crippen LogP contribution is -2.09. The largest absolute Gasteiger partial charge is 0.384 e. The summed E-state index contributed by atoms with van der Waals surface area (Å²) in [5.41, 5.74) is -0.513. The van der Waals surface area contributed by atoms with Crippen LogP contribution in [0.5, 0.6) is 0 Å². The van der Waals surface area contributed by atoms with Crippen molar-refractivity contribution in [2.24, 2.45) is 0 Å². The minimum absolute atomic E-state index is 0.0409. The Morgan fingerprint density at radius 1 is 1.47 bits per heavy atom. The molecule has 82 valence electrons. The number of hydrogen-bond donors (Lipinski definition) is 0. The first-order chi connectivity index (χ1) is 7.07. The van der Waals surface area contributed by atoms with E-state index in [4.69, 9.17) is 0 Å². The number of ketones is 1. The molecule has 0 unspecified atom stereocenters. The van der Waals surface area contributed by atoms with Gasteiger partial charge in [0.05, 0.1) is 16.6 Å². The Balaban J connectivity index is 3.02. The van der Waals surface area contributed by atoms with E-state index in [0.717, 1.165) is 6.07 Å². The smallest absolute Gasteiger partial charge is 0.171 e. The summed E-state index contributed by atoms with van der Waals surface area (Å²) in [7, 11) is 1.42. The molecule has 0 aliphatic carbocycles. The highest BCUT2D eigenvalue weighted by atomic mass is 79.9. The molecule has 0 fully saturated rings. The van der Waals surface area contributed by atoms with Crippen LogP contribution in [0.4, 0.5) is 8.78 Å². The molecule has 0 aliphatic rings. The van der Waals surface area contributed by atoms with E-state index in [-0.39, 0.29) is 17.5 Å². The van der Waals surface area contributed by atoms with Gasteiger partial charge >= 0.3 is 0 Å². The van der Waals surface area contributed by atoms with Gasteiger partial charge in [-0.05, 0) is 28.1 Å². The summed E-state index contributed by atoms with van der Waals surface area (Å²) in [6.45, 7) is 0.143. The highest BCUT2D eigenvalue weighted by molar-refractivity contribution is 9.10. The second kappa shape index (κ2) is 5.32. The summed E-state index contributed by atoms with van der Waals surface area (Å²) in [4.78, 5) is 11.4. The number of Topliss-reactive ketones (excluding diaryl/α,β-unsaturated/α-hetero) is 1. The van der Waals surface area contributed by atoms with E-state index in [1.54, 1.807) is 0 Å². The van der Waals surface area contributed by atoms with Crippen molar-refractivity contribution in [2.45, 2.75) is 6.42 Å². The van der Waals surface area contributed by atoms with Crippen LogP contribution in [0.3, 0.4) is 0 Å². The highest BCUT2D eigenvalue weighted by Crippen LogP contribution is 2.22. The van der Waals surface area contributed by atoms with Gasteiger partial charge in [-0.15, -0.1) is 0 Å². The maximum absolute atomic E-state index is 13.4. The molecule has 1 rings (SSSR count). The average Bonchev–Trinajstić information content (AvgIpc) is 2.21. The normalized spacial score (nSPS) is 10.4. The summed E-state index contributed by atoms with van der Waals surface area (Å²) in [6, 6.07) is 2.27. The SMILES string of the molecule is COCCC(=O)c1c(F)ccc(Br)c1F. The molecule has 0 N–H and O–H groups in total. The van der Waals surface area contributed by atoms with Gasteiger partial charge in [0.15, 0.2) is 11.6 Å². The zero-order chi connectivity index (χ0) is 11.4. The minimum Gasteiger partial charge on any atom is -0.384 e. The number of methoxy groups -OCH3 is 1. The molecule has 0 bridgehead atoms. The van der Waals surface area contributed by atoms with Gasteiger partial charge < -0.3 is 4.74 Å². The molecule has 0 saturated carbocycles. The van der Waals surface area contributed by atoms with Crippen LogP contribution < -0.4 is 0 Å². The van der Waals surface area contributed by atoms with Gasteiger partial charge in [-0.1, -0.05) is 0 Å². The van der Waals surface area contributed by atoms with Gasteiger partial charge in [0.2, 0.25) is 0 Å². The third-order valence-corrected chi connectivity index (χ3v) is 2.47. The lowest BCUT2D eigenvalue weighted by Gasteiger charge is -2.05. The second-order valence-corrected chi connectivity index (χ2v) is 3.74. The van der Waals surface area contributed by atoms with Crippen LogP contribution in [0.2, 0.25) is 0 Å². The first-order valence-corrected chi connectivity index (χ1v) is 5.03. The lowest BCUT2D eigenvalue weighted by atomic mass is 10.1. The summed E-state index contributed by atoms with van der Waals surface area (Å²) >= 11 is 2.89. The molecule has 0 saturated heterocycles. The Kier molecular flexibility index (Phi) is 4.35. The van der Waals surface area contributed by atoms with Gasteiger partial charge in [-0.25, -0.2) is 8.78 Å². The second-order valence-electron chi connectivity index (χ2n) is 2.88. The highest BCUT2D eigenvalue weighted by Gasteiger charge is 2.18. The van der Waals surface area contributed by atoms with Crippen molar-refractivity contribution in [3.63, 3.8) is 0 Å². The zero-order valence-corrected chi connectivity index (χ0v) is 9.61. The van der Waals surface area contributed by atoms with Gasteiger partial charge in [-0.3, -0.25) is 4.79 Å². The molecule has 0 aromatic heterocycles. The molecule has 1 aromatic rings. The van der Waals surface area contributed by atoms with Crippen LogP contribution in [0.25, 0.3) is 0 Å². The van der Waals surface area contributed by atoms with Crippen molar-refractivity contribution in [3.05, 3.63) is 33.8 Å². The number of carbonyl (C=O) groups excluding carboxylic acids is 1. The van der Waals surface area contributed by atoms with Crippen molar-refractivity contribution in [1.82, 2.24) is 0 Å². The van der Waals surface area contributed by atoms with E-state index >= 15 is 0 Å². The molecule has 0 heterocycles. The van der Waals surface area contributed by atoms with Crippen LogP contribution in [0.1, 0.15) is 16.8 Å². The number of carbonyl (C=O) groups is 1. The molecule has 15 heavy (non-hydrogen) atoms. The summed E-state index contributed by atoms with van der Waals surface area (Å²) in [6.07, 6.45) is -0.0409. The van der Waals surface area contributed by atoms with Crippen LogP contribution in [-0.2, 0) is 4.74 Å². The Hall–Kier alpha value is -0.810. The quantitative estimate of drug-likeness (QED) is 0.625. The third-order valence-electron chi connectivity index (χ3n) is 1.86. The Labute approximate surface area is 94.4 Å². The summed E-state index contributed by atoms with van der Waals surface area (Å²) in [5, 5.41) is 0. The monoisotopic (exact) mass is 278 g/mol. The molecule has 0 amide bonds. The van der Waals surface area contributed by atoms with E-state index in [2.05, 4.69) is 20.7 Å². The fourth-order valence-corrected chi connectivity index (χ4v) is 1.43. The van der Waals surface area contributed by atoms with Crippen LogP contribution >= 0.6 is 15.9 Å². The van der Waals surface area contributed by atoms with Crippen molar-refractivity contribution in [1.29, 1.82) is 0 Å². The predicted octanol–water partition coefficient (Wildman–Crippen LogP) is 2.95. The Morgan fingerprint density at radius 2 is 2.13 bits per heavy atom. The molecular weight excluding hydrogens is 270 g/mol. The third kappa shape index (κ3) is 2.82. The fraction of sp³-hybridized carbons (Fsp3) is 0.300. The van der Waals surface area contributed by atoms with E-state index < -0.39 is 23.0 Å². The molecule has 1 aromatic carbocycles.